The summed E-state index contributed by atoms with van der Waals surface area (Å²) < 4.78 is 0. The van der Waals surface area contributed by atoms with Crippen molar-refractivity contribution in [2.75, 3.05) is 0 Å². The molecule has 0 spiro atoms. The fraction of sp³-hybridized carbons (Fsp3) is 0.0417. The Labute approximate surface area is 163 Å². The topological polar surface area (TPSA) is 54.9 Å². The van der Waals surface area contributed by atoms with Crippen molar-refractivity contribution in [3.63, 3.8) is 0 Å². The van der Waals surface area contributed by atoms with E-state index in [4.69, 9.17) is 0 Å². The van der Waals surface area contributed by atoms with Gasteiger partial charge in [-0.2, -0.15) is 0 Å². The van der Waals surface area contributed by atoms with E-state index < -0.39 is 0 Å². The molecule has 3 aromatic carbocycles. The van der Waals surface area contributed by atoms with Crippen LogP contribution in [0.25, 0.3) is 22.4 Å². The van der Waals surface area contributed by atoms with E-state index in [0.717, 1.165) is 28.1 Å². The zero-order valence-corrected chi connectivity index (χ0v) is 15.2. The lowest BCUT2D eigenvalue weighted by molar-refractivity contribution is 0.0950. The first-order valence-electron chi connectivity index (χ1n) is 9.09. The molecular weight excluding hydrogens is 346 g/mol. The van der Waals surface area contributed by atoms with Gasteiger partial charge in [-0.3, -0.25) is 4.79 Å². The maximum atomic E-state index is 12.5. The van der Waals surface area contributed by atoms with Crippen LogP contribution < -0.4 is 5.32 Å². The number of hydrogen-bond acceptors (Lipinski definition) is 3. The van der Waals surface area contributed by atoms with Gasteiger partial charge >= 0.3 is 0 Å². The number of rotatable bonds is 5. The van der Waals surface area contributed by atoms with Gasteiger partial charge in [0.15, 0.2) is 0 Å². The minimum absolute atomic E-state index is 0.125. The highest BCUT2D eigenvalue weighted by atomic mass is 16.1. The van der Waals surface area contributed by atoms with Crippen molar-refractivity contribution in [1.82, 2.24) is 15.3 Å². The number of nitrogens with one attached hydrogen (secondary N) is 1. The second kappa shape index (κ2) is 8.27. The Balaban J connectivity index is 1.42. The molecule has 1 heterocycles. The SMILES string of the molecule is O=C(NCc1cc(-c2ccccc2)ncn1)c1ccc(-c2ccccc2)cc1. The van der Waals surface area contributed by atoms with Gasteiger partial charge < -0.3 is 5.32 Å². The number of nitrogens with zero attached hydrogens (tertiary/aromatic N) is 2. The monoisotopic (exact) mass is 365 g/mol. The van der Waals surface area contributed by atoms with E-state index >= 15 is 0 Å². The van der Waals surface area contributed by atoms with Gasteiger partial charge in [0.2, 0.25) is 0 Å². The molecule has 1 aromatic heterocycles. The van der Waals surface area contributed by atoms with Crippen LogP contribution in [0.1, 0.15) is 16.1 Å². The van der Waals surface area contributed by atoms with Crippen LogP contribution in [0.4, 0.5) is 0 Å². The molecule has 1 N–H and O–H groups in total. The number of aromatic nitrogens is 2. The van der Waals surface area contributed by atoms with Crippen molar-refractivity contribution in [3.05, 3.63) is 109 Å². The van der Waals surface area contributed by atoms with Gasteiger partial charge in [-0.1, -0.05) is 72.8 Å². The Morgan fingerprint density at radius 3 is 2.00 bits per heavy atom. The lowest BCUT2D eigenvalue weighted by Crippen LogP contribution is -2.23. The Hall–Kier alpha value is -3.79. The summed E-state index contributed by atoms with van der Waals surface area (Å²) in [7, 11) is 0. The first kappa shape index (κ1) is 17.6. The van der Waals surface area contributed by atoms with Crippen LogP contribution in [0.2, 0.25) is 0 Å². The summed E-state index contributed by atoms with van der Waals surface area (Å²) in [6.07, 6.45) is 1.53. The van der Waals surface area contributed by atoms with E-state index in [0.29, 0.717) is 12.1 Å². The summed E-state index contributed by atoms with van der Waals surface area (Å²) >= 11 is 0. The first-order valence-corrected chi connectivity index (χ1v) is 9.09. The third-order valence-corrected chi connectivity index (χ3v) is 4.48. The van der Waals surface area contributed by atoms with Gasteiger partial charge in [-0.15, -0.1) is 0 Å². The van der Waals surface area contributed by atoms with Gasteiger partial charge in [0.1, 0.15) is 6.33 Å². The quantitative estimate of drug-likeness (QED) is 0.556. The van der Waals surface area contributed by atoms with Crippen molar-refractivity contribution in [3.8, 4) is 22.4 Å². The maximum absolute atomic E-state index is 12.5. The summed E-state index contributed by atoms with van der Waals surface area (Å²) in [5.41, 5.74) is 5.46. The van der Waals surface area contributed by atoms with Crippen LogP contribution >= 0.6 is 0 Å². The highest BCUT2D eigenvalue weighted by Crippen LogP contribution is 2.19. The maximum Gasteiger partial charge on any atom is 0.251 e. The van der Waals surface area contributed by atoms with Gasteiger partial charge in [-0.05, 0) is 29.3 Å². The molecule has 28 heavy (non-hydrogen) atoms. The normalized spacial score (nSPS) is 10.4. The van der Waals surface area contributed by atoms with Crippen LogP contribution in [-0.4, -0.2) is 15.9 Å². The Morgan fingerprint density at radius 2 is 1.32 bits per heavy atom. The fourth-order valence-corrected chi connectivity index (χ4v) is 2.98. The van der Waals surface area contributed by atoms with Crippen LogP contribution in [-0.2, 0) is 6.54 Å². The molecule has 0 aliphatic rings. The highest BCUT2D eigenvalue weighted by Gasteiger charge is 2.07. The van der Waals surface area contributed by atoms with Gasteiger partial charge in [0, 0.05) is 11.1 Å². The van der Waals surface area contributed by atoms with E-state index in [1.807, 2.05) is 78.9 Å². The summed E-state index contributed by atoms with van der Waals surface area (Å²) in [6.45, 7) is 0.349. The molecule has 4 nitrogen and oxygen atoms in total. The minimum Gasteiger partial charge on any atom is -0.346 e. The smallest absolute Gasteiger partial charge is 0.251 e. The van der Waals surface area contributed by atoms with Gasteiger partial charge in [0.25, 0.3) is 5.91 Å². The zero-order valence-electron chi connectivity index (χ0n) is 15.2. The van der Waals surface area contributed by atoms with Crippen molar-refractivity contribution in [2.45, 2.75) is 6.54 Å². The summed E-state index contributed by atoms with van der Waals surface area (Å²) in [4.78, 5) is 21.0. The van der Waals surface area contributed by atoms with Crippen LogP contribution in [0.3, 0.4) is 0 Å². The molecule has 0 saturated carbocycles. The third kappa shape index (κ3) is 4.13. The lowest BCUT2D eigenvalue weighted by atomic mass is 10.0. The van der Waals surface area contributed by atoms with Gasteiger partial charge in [0.05, 0.1) is 17.9 Å². The second-order valence-electron chi connectivity index (χ2n) is 6.39. The molecule has 0 aliphatic carbocycles. The zero-order chi connectivity index (χ0) is 19.2. The summed E-state index contributed by atoms with van der Waals surface area (Å²) in [5, 5.41) is 2.92. The largest absolute Gasteiger partial charge is 0.346 e. The number of carbonyl (C=O) groups is 1. The molecule has 0 aliphatic heterocycles. The van der Waals surface area contributed by atoms with Crippen molar-refractivity contribution in [1.29, 1.82) is 0 Å². The highest BCUT2D eigenvalue weighted by molar-refractivity contribution is 5.94. The van der Waals surface area contributed by atoms with E-state index in [2.05, 4.69) is 27.4 Å². The summed E-state index contributed by atoms with van der Waals surface area (Å²) in [5.74, 6) is -0.125. The van der Waals surface area contributed by atoms with Crippen LogP contribution in [0.5, 0.6) is 0 Å². The average Bonchev–Trinajstić information content (AvgIpc) is 2.79. The second-order valence-corrected chi connectivity index (χ2v) is 6.39. The molecule has 4 rings (SSSR count). The Kier molecular flexibility index (Phi) is 5.20. The van der Waals surface area contributed by atoms with Crippen molar-refractivity contribution >= 4 is 5.91 Å². The number of amides is 1. The molecule has 0 bridgehead atoms. The van der Waals surface area contributed by atoms with E-state index in [1.165, 1.54) is 6.33 Å². The molecular formula is C24H19N3O. The standard InChI is InChI=1S/C24H19N3O/c28-24(21-13-11-19(12-14-21)18-7-3-1-4-8-18)25-16-22-15-23(27-17-26-22)20-9-5-2-6-10-20/h1-15,17H,16H2,(H,25,28). The number of carbonyl (C=O) groups excluding carboxylic acids is 1. The molecule has 0 saturated heterocycles. The van der Waals surface area contributed by atoms with Crippen LogP contribution in [0.15, 0.2) is 97.3 Å². The molecule has 0 unspecified atom stereocenters. The van der Waals surface area contributed by atoms with E-state index in [9.17, 15) is 4.79 Å². The summed E-state index contributed by atoms with van der Waals surface area (Å²) in [6, 6.07) is 29.5. The van der Waals surface area contributed by atoms with E-state index in [1.54, 1.807) is 0 Å². The lowest BCUT2D eigenvalue weighted by Gasteiger charge is -2.07. The predicted molar refractivity (Wildman–Crippen MR) is 111 cm³/mol. The van der Waals surface area contributed by atoms with Crippen molar-refractivity contribution in [2.24, 2.45) is 0 Å². The Morgan fingerprint density at radius 1 is 0.714 bits per heavy atom. The minimum atomic E-state index is -0.125. The number of benzene rings is 3. The molecule has 136 valence electrons. The van der Waals surface area contributed by atoms with Gasteiger partial charge in [-0.25, -0.2) is 9.97 Å². The molecule has 4 heteroatoms. The van der Waals surface area contributed by atoms with Crippen molar-refractivity contribution < 1.29 is 4.79 Å². The molecule has 1 amide bonds. The fourth-order valence-electron chi connectivity index (χ4n) is 2.98. The predicted octanol–water partition coefficient (Wildman–Crippen LogP) is 4.74. The first-order chi connectivity index (χ1) is 13.8. The molecule has 4 aromatic rings. The third-order valence-electron chi connectivity index (χ3n) is 4.48. The molecule has 0 radical (unpaired) electrons. The average molecular weight is 365 g/mol. The Bertz CT molecular complexity index is 1060. The van der Waals surface area contributed by atoms with Crippen LogP contribution in [0, 0.1) is 0 Å². The molecule has 0 atom stereocenters. The number of hydrogen-bond donors (Lipinski definition) is 1. The molecule has 0 fully saturated rings. The van der Waals surface area contributed by atoms with E-state index in [-0.39, 0.29) is 5.91 Å².